The van der Waals surface area contributed by atoms with Crippen LogP contribution in [0.2, 0.25) is 0 Å². The van der Waals surface area contributed by atoms with E-state index in [2.05, 4.69) is 64.1 Å². The highest BCUT2D eigenvalue weighted by atomic mass is 16.5. The van der Waals surface area contributed by atoms with Crippen LogP contribution in [0.1, 0.15) is 148 Å². The number of carbonyl (C=O) groups excluding carboxylic acids is 2. The zero-order valence-electron chi connectivity index (χ0n) is 29.9. The zero-order chi connectivity index (χ0) is 34.7. The lowest BCUT2D eigenvalue weighted by Gasteiger charge is -2.51. The van der Waals surface area contributed by atoms with Gasteiger partial charge >= 0.3 is 11.9 Å². The Morgan fingerprint density at radius 1 is 0.667 bits per heavy atom. The molecule has 0 spiro atoms. The van der Waals surface area contributed by atoms with Gasteiger partial charge in [0.05, 0.1) is 36.5 Å². The third kappa shape index (κ3) is 6.55. The number of rotatable bonds is 8. The average molecular weight is 657 g/mol. The first-order valence-corrected chi connectivity index (χ1v) is 18.2. The summed E-state index contributed by atoms with van der Waals surface area (Å²) in [6.45, 7) is 8.77. The van der Waals surface area contributed by atoms with E-state index in [4.69, 9.17) is 9.47 Å². The van der Waals surface area contributed by atoms with E-state index in [0.29, 0.717) is 23.0 Å². The van der Waals surface area contributed by atoms with Crippen molar-refractivity contribution in [2.75, 3.05) is 14.2 Å². The number of hydrogen-bond donors (Lipinski definition) is 2. The van der Waals surface area contributed by atoms with Gasteiger partial charge in [0.1, 0.15) is 0 Å². The Kier molecular flexibility index (Phi) is 10.8. The minimum absolute atomic E-state index is 0.0820. The standard InChI is InChI=1S/2C21H28O3/c2*1-4-10-20(23)11-12-21(5-2)17(14-20)8-6-15-13-16(19(22)24-3)7-9-18(15)21/h2*6-9,13,17,23H,4-5,10-12,14H2,1-3H3/t2*17-,20+,21+/m10/s1. The van der Waals surface area contributed by atoms with Gasteiger partial charge in [-0.1, -0.05) is 77.0 Å². The monoisotopic (exact) mass is 656 g/mol. The molecule has 0 aromatic heterocycles. The SMILES string of the molecule is CCC[C@@]1(O)CC[C@@]2(CC)c3ccc(C(=O)OC)cc3C=C[C@H]2C1.CCC[C@]1(O)CC[C@]2(CC)c3ccc(C(=O)OC)cc3C=C[C@@H]2C1. The first-order chi connectivity index (χ1) is 23.0. The molecule has 0 heterocycles. The third-order valence-electron chi connectivity index (χ3n) is 12.4. The topological polar surface area (TPSA) is 93.1 Å². The summed E-state index contributed by atoms with van der Waals surface area (Å²) in [5.41, 5.74) is 5.21. The van der Waals surface area contributed by atoms with E-state index in [1.165, 1.54) is 25.3 Å². The first-order valence-electron chi connectivity index (χ1n) is 18.2. The number of esters is 2. The van der Waals surface area contributed by atoms with E-state index < -0.39 is 11.2 Å². The molecule has 4 aliphatic rings. The molecule has 2 fully saturated rings. The molecule has 4 aliphatic carbocycles. The summed E-state index contributed by atoms with van der Waals surface area (Å²) in [5.74, 6) is 0.147. The Bertz CT molecular complexity index is 1440. The summed E-state index contributed by atoms with van der Waals surface area (Å²) in [6.07, 6.45) is 20.0. The molecule has 0 bridgehead atoms. The maximum atomic E-state index is 11.8. The first kappa shape index (κ1) is 36.1. The highest BCUT2D eigenvalue weighted by Crippen LogP contribution is 2.55. The second-order valence-electron chi connectivity index (χ2n) is 14.9. The van der Waals surface area contributed by atoms with Crippen LogP contribution in [0.3, 0.4) is 0 Å². The number of methoxy groups -OCH3 is 2. The van der Waals surface area contributed by atoms with E-state index >= 15 is 0 Å². The Balaban J connectivity index is 0.000000188. The van der Waals surface area contributed by atoms with Gasteiger partial charge in [0.2, 0.25) is 0 Å². The highest BCUT2D eigenvalue weighted by molar-refractivity contribution is 5.91. The molecule has 6 nitrogen and oxygen atoms in total. The molecule has 0 unspecified atom stereocenters. The number of fused-ring (bicyclic) bond motifs is 6. The molecule has 2 saturated carbocycles. The van der Waals surface area contributed by atoms with E-state index in [1.54, 1.807) is 0 Å². The summed E-state index contributed by atoms with van der Waals surface area (Å²) in [4.78, 5) is 23.6. The van der Waals surface area contributed by atoms with Crippen LogP contribution in [0, 0.1) is 11.8 Å². The number of benzene rings is 2. The number of ether oxygens (including phenoxy) is 2. The third-order valence-corrected chi connectivity index (χ3v) is 12.4. The molecule has 6 heteroatoms. The Morgan fingerprint density at radius 2 is 1.06 bits per heavy atom. The largest absolute Gasteiger partial charge is 0.465 e. The minimum Gasteiger partial charge on any atom is -0.465 e. The van der Waals surface area contributed by atoms with Crippen LogP contribution in [0.5, 0.6) is 0 Å². The van der Waals surface area contributed by atoms with E-state index in [0.717, 1.165) is 88.2 Å². The van der Waals surface area contributed by atoms with Crippen molar-refractivity contribution in [3.8, 4) is 0 Å². The lowest BCUT2D eigenvalue weighted by molar-refractivity contribution is -0.0429. The van der Waals surface area contributed by atoms with Crippen molar-refractivity contribution in [1.29, 1.82) is 0 Å². The number of aliphatic hydroxyl groups is 2. The van der Waals surface area contributed by atoms with Crippen molar-refractivity contribution in [3.05, 3.63) is 81.9 Å². The molecule has 0 amide bonds. The molecule has 6 atom stereocenters. The maximum Gasteiger partial charge on any atom is 0.337 e. The lowest BCUT2D eigenvalue weighted by Crippen LogP contribution is -2.48. The van der Waals surface area contributed by atoms with Gasteiger partial charge in [-0.2, -0.15) is 0 Å². The van der Waals surface area contributed by atoms with Crippen LogP contribution >= 0.6 is 0 Å². The van der Waals surface area contributed by atoms with Crippen molar-refractivity contribution < 1.29 is 29.3 Å². The van der Waals surface area contributed by atoms with Gasteiger partial charge in [-0.05, 0) is 123 Å². The van der Waals surface area contributed by atoms with Gasteiger partial charge in [-0.25, -0.2) is 9.59 Å². The van der Waals surface area contributed by atoms with Gasteiger partial charge in [0.25, 0.3) is 0 Å². The van der Waals surface area contributed by atoms with Crippen molar-refractivity contribution in [2.45, 2.75) is 127 Å². The van der Waals surface area contributed by atoms with Gasteiger partial charge < -0.3 is 19.7 Å². The number of hydrogen-bond acceptors (Lipinski definition) is 6. The van der Waals surface area contributed by atoms with Crippen molar-refractivity contribution >= 4 is 24.1 Å². The van der Waals surface area contributed by atoms with Crippen LogP contribution < -0.4 is 0 Å². The summed E-state index contributed by atoms with van der Waals surface area (Å²) in [5, 5.41) is 21.8. The molecule has 260 valence electrons. The Labute approximate surface area is 287 Å². The number of allylic oxidation sites excluding steroid dienone is 2. The van der Waals surface area contributed by atoms with E-state index in [9.17, 15) is 19.8 Å². The van der Waals surface area contributed by atoms with Crippen molar-refractivity contribution in [2.24, 2.45) is 11.8 Å². The minimum atomic E-state index is -0.522. The molecular weight excluding hydrogens is 600 g/mol. The second-order valence-corrected chi connectivity index (χ2v) is 14.9. The predicted octanol–water partition coefficient (Wildman–Crippen LogP) is 8.96. The van der Waals surface area contributed by atoms with Crippen LogP contribution in [-0.2, 0) is 20.3 Å². The van der Waals surface area contributed by atoms with Crippen molar-refractivity contribution in [3.63, 3.8) is 0 Å². The molecule has 0 saturated heterocycles. The molecule has 2 aromatic rings. The summed E-state index contributed by atoms with van der Waals surface area (Å²) in [6, 6.07) is 11.9. The highest BCUT2D eigenvalue weighted by Gasteiger charge is 2.50. The van der Waals surface area contributed by atoms with Crippen molar-refractivity contribution in [1.82, 2.24) is 0 Å². The van der Waals surface area contributed by atoms with Crippen LogP contribution in [0.25, 0.3) is 12.2 Å². The Morgan fingerprint density at radius 3 is 1.40 bits per heavy atom. The number of carbonyl (C=O) groups is 2. The fourth-order valence-corrected chi connectivity index (χ4v) is 9.75. The normalized spacial score (nSPS) is 31.2. The summed E-state index contributed by atoms with van der Waals surface area (Å²) < 4.78 is 9.69. The summed E-state index contributed by atoms with van der Waals surface area (Å²) >= 11 is 0. The fourth-order valence-electron chi connectivity index (χ4n) is 9.75. The maximum absolute atomic E-state index is 11.8. The zero-order valence-corrected chi connectivity index (χ0v) is 29.9. The molecule has 6 rings (SSSR count). The Hall–Kier alpha value is -3.22. The van der Waals surface area contributed by atoms with E-state index in [-0.39, 0.29) is 22.8 Å². The lowest BCUT2D eigenvalue weighted by atomic mass is 9.55. The molecule has 0 radical (unpaired) electrons. The van der Waals surface area contributed by atoms with Crippen LogP contribution in [-0.4, -0.2) is 47.6 Å². The van der Waals surface area contributed by atoms with E-state index in [1.807, 2.05) is 24.3 Å². The smallest absolute Gasteiger partial charge is 0.337 e. The van der Waals surface area contributed by atoms with Gasteiger partial charge in [0.15, 0.2) is 0 Å². The second kappa shape index (κ2) is 14.3. The molecular formula is C42H56O6. The van der Waals surface area contributed by atoms with Crippen LogP contribution in [0.4, 0.5) is 0 Å². The van der Waals surface area contributed by atoms with Crippen LogP contribution in [0.15, 0.2) is 48.6 Å². The van der Waals surface area contributed by atoms with Gasteiger partial charge in [-0.15, -0.1) is 0 Å². The average Bonchev–Trinajstić information content (AvgIpc) is 3.10. The summed E-state index contributed by atoms with van der Waals surface area (Å²) in [7, 11) is 2.83. The molecule has 48 heavy (non-hydrogen) atoms. The van der Waals surface area contributed by atoms with Gasteiger partial charge in [-0.3, -0.25) is 0 Å². The molecule has 2 aromatic carbocycles. The predicted molar refractivity (Wildman–Crippen MR) is 192 cm³/mol. The quantitative estimate of drug-likeness (QED) is 0.276. The van der Waals surface area contributed by atoms with Gasteiger partial charge in [0, 0.05) is 10.8 Å². The molecule has 2 N–H and O–H groups in total. The fraction of sp³-hybridized carbons (Fsp3) is 0.571. The molecule has 0 aliphatic heterocycles.